The van der Waals surface area contributed by atoms with Crippen LogP contribution in [0.4, 0.5) is 5.69 Å². The minimum atomic E-state index is -0.367. The number of anilines is 1. The van der Waals surface area contributed by atoms with Crippen molar-refractivity contribution in [1.29, 1.82) is 5.41 Å². The van der Waals surface area contributed by atoms with E-state index in [0.717, 1.165) is 11.0 Å². The molecule has 154 valence electrons. The van der Waals surface area contributed by atoms with Crippen molar-refractivity contribution in [1.82, 2.24) is 9.55 Å². The first kappa shape index (κ1) is 19.7. The largest absolute Gasteiger partial charge is 0.509 e. The van der Waals surface area contributed by atoms with E-state index in [4.69, 9.17) is 10.1 Å². The molecule has 0 aliphatic carbocycles. The van der Waals surface area contributed by atoms with Crippen LogP contribution in [0, 0.1) is 11.3 Å². The summed E-state index contributed by atoms with van der Waals surface area (Å²) in [6.45, 7) is 4.51. The lowest BCUT2D eigenvalue weighted by atomic mass is 10.2. The maximum absolute atomic E-state index is 12.1. The van der Waals surface area contributed by atoms with E-state index < -0.39 is 0 Å². The van der Waals surface area contributed by atoms with E-state index in [0.29, 0.717) is 29.3 Å². The number of imidazole rings is 1. The number of fused-ring (bicyclic) bond motifs is 1. The maximum Gasteiger partial charge on any atom is 0.338 e. The second-order valence-corrected chi connectivity index (χ2v) is 7.78. The first-order chi connectivity index (χ1) is 14.4. The zero-order chi connectivity index (χ0) is 21.4. The van der Waals surface area contributed by atoms with Gasteiger partial charge in [0.05, 0.1) is 35.3 Å². The fourth-order valence-electron chi connectivity index (χ4n) is 3.51. The van der Waals surface area contributed by atoms with Crippen LogP contribution in [0.2, 0.25) is 0 Å². The van der Waals surface area contributed by atoms with Gasteiger partial charge in [-0.3, -0.25) is 5.41 Å². The Labute approximate surface area is 174 Å². The van der Waals surface area contributed by atoms with Gasteiger partial charge in [-0.05, 0) is 42.3 Å². The molecule has 0 unspecified atom stereocenters. The molecule has 1 aliphatic heterocycles. The summed E-state index contributed by atoms with van der Waals surface area (Å²) in [6.07, 6.45) is 0. The van der Waals surface area contributed by atoms with E-state index in [1.165, 1.54) is 0 Å². The number of ether oxygens (including phenoxy) is 1. The van der Waals surface area contributed by atoms with Crippen molar-refractivity contribution >= 4 is 34.1 Å². The van der Waals surface area contributed by atoms with Crippen LogP contribution in [0.15, 0.2) is 54.3 Å². The number of hydrogen-bond donors (Lipinski definition) is 2. The number of rotatable bonds is 5. The third-order valence-corrected chi connectivity index (χ3v) is 5.08. The third-order valence-electron chi connectivity index (χ3n) is 5.08. The number of esters is 1. The monoisotopic (exact) mass is 404 g/mol. The zero-order valence-electron chi connectivity index (χ0n) is 17.2. The molecule has 4 rings (SSSR count). The first-order valence-corrected chi connectivity index (χ1v) is 9.84. The summed E-state index contributed by atoms with van der Waals surface area (Å²) in [4.78, 5) is 18.4. The van der Waals surface area contributed by atoms with Crippen LogP contribution in [-0.2, 0) is 11.8 Å². The number of nitrogens with zero attached hydrogens (tertiary/aromatic N) is 3. The van der Waals surface area contributed by atoms with Gasteiger partial charge in [0.25, 0.3) is 0 Å². The molecule has 3 aromatic rings. The fraction of sp³-hybridized carbons (Fsp3) is 0.261. The molecular weight excluding hydrogens is 380 g/mol. The molecule has 1 aliphatic rings. The Morgan fingerprint density at radius 3 is 2.57 bits per heavy atom. The highest BCUT2D eigenvalue weighted by Crippen LogP contribution is 2.32. The molecular formula is C23H24N4O3. The van der Waals surface area contributed by atoms with Crippen molar-refractivity contribution in [2.45, 2.75) is 13.8 Å². The van der Waals surface area contributed by atoms with Crippen molar-refractivity contribution in [3.05, 3.63) is 65.7 Å². The van der Waals surface area contributed by atoms with Crippen LogP contribution in [0.1, 0.15) is 30.0 Å². The van der Waals surface area contributed by atoms with Crippen LogP contribution in [0.25, 0.3) is 16.6 Å². The fourth-order valence-corrected chi connectivity index (χ4v) is 3.51. The second-order valence-electron chi connectivity index (χ2n) is 7.78. The summed E-state index contributed by atoms with van der Waals surface area (Å²) < 4.78 is 7.14. The molecule has 0 atom stereocenters. The molecule has 30 heavy (non-hydrogen) atoms. The Hall–Kier alpha value is -3.61. The van der Waals surface area contributed by atoms with Crippen molar-refractivity contribution in [2.75, 3.05) is 18.1 Å². The molecule has 2 heterocycles. The molecule has 0 fully saturated rings. The Balaban J connectivity index is 1.57. The van der Waals surface area contributed by atoms with Crippen molar-refractivity contribution < 1.29 is 14.6 Å². The molecule has 0 radical (unpaired) electrons. The molecule has 2 aromatic carbocycles. The number of nitrogens with one attached hydrogen (secondary N) is 1. The van der Waals surface area contributed by atoms with Gasteiger partial charge in [-0.25, -0.2) is 9.78 Å². The average Bonchev–Trinajstić information content (AvgIpc) is 3.22. The van der Waals surface area contributed by atoms with Crippen LogP contribution in [-0.4, -0.2) is 39.6 Å². The predicted octanol–water partition coefficient (Wildman–Crippen LogP) is 4.15. The number of aromatic nitrogens is 2. The van der Waals surface area contributed by atoms with Crippen molar-refractivity contribution in [2.24, 2.45) is 13.0 Å². The Morgan fingerprint density at radius 1 is 1.20 bits per heavy atom. The van der Waals surface area contributed by atoms with E-state index in [2.05, 4.69) is 4.98 Å². The normalized spacial score (nSPS) is 14.3. The summed E-state index contributed by atoms with van der Waals surface area (Å²) in [5.41, 5.74) is 3.32. The zero-order valence-corrected chi connectivity index (χ0v) is 17.2. The average molecular weight is 404 g/mol. The second kappa shape index (κ2) is 7.67. The Kier molecular flexibility index (Phi) is 5.03. The SMILES string of the molecule is CC(C)COC(=O)c1ccc(N2CC(O)=C(c3nc4ccccc4n3C)C2=N)cc1. The van der Waals surface area contributed by atoms with Crippen molar-refractivity contribution in [3.63, 3.8) is 0 Å². The van der Waals surface area contributed by atoms with Gasteiger partial charge in [0, 0.05) is 12.7 Å². The van der Waals surface area contributed by atoms with Gasteiger partial charge in [-0.2, -0.15) is 0 Å². The highest BCUT2D eigenvalue weighted by atomic mass is 16.5. The van der Waals surface area contributed by atoms with Gasteiger partial charge < -0.3 is 19.3 Å². The van der Waals surface area contributed by atoms with Crippen LogP contribution >= 0.6 is 0 Å². The highest BCUT2D eigenvalue weighted by molar-refractivity contribution is 6.30. The predicted molar refractivity (Wildman–Crippen MR) is 117 cm³/mol. The smallest absolute Gasteiger partial charge is 0.338 e. The molecule has 0 saturated carbocycles. The summed E-state index contributed by atoms with van der Waals surface area (Å²) in [6, 6.07) is 14.6. The van der Waals surface area contributed by atoms with Crippen LogP contribution in [0.5, 0.6) is 0 Å². The first-order valence-electron chi connectivity index (χ1n) is 9.84. The third kappa shape index (κ3) is 3.43. The highest BCUT2D eigenvalue weighted by Gasteiger charge is 2.32. The summed E-state index contributed by atoms with van der Waals surface area (Å²) >= 11 is 0. The molecule has 7 nitrogen and oxygen atoms in total. The minimum Gasteiger partial charge on any atom is -0.509 e. The van der Waals surface area contributed by atoms with E-state index in [-0.39, 0.29) is 30.0 Å². The molecule has 2 N–H and O–H groups in total. The topological polar surface area (TPSA) is 91.4 Å². The quantitative estimate of drug-likeness (QED) is 0.623. The van der Waals surface area contributed by atoms with Crippen molar-refractivity contribution in [3.8, 4) is 0 Å². The summed E-state index contributed by atoms with van der Waals surface area (Å²) in [5.74, 6) is 0.719. The lowest BCUT2D eigenvalue weighted by Gasteiger charge is -2.19. The van der Waals surface area contributed by atoms with Gasteiger partial charge in [-0.1, -0.05) is 26.0 Å². The van der Waals surface area contributed by atoms with Gasteiger partial charge in [-0.15, -0.1) is 0 Å². The molecule has 7 heteroatoms. The van der Waals surface area contributed by atoms with Crippen LogP contribution < -0.4 is 4.90 Å². The molecule has 0 saturated heterocycles. The number of benzene rings is 2. The molecule has 0 bridgehead atoms. The number of amidine groups is 1. The number of aryl methyl sites for hydroxylation is 1. The number of carbonyl (C=O) groups is 1. The number of aliphatic hydroxyl groups is 1. The van der Waals surface area contributed by atoms with E-state index in [1.807, 2.05) is 49.7 Å². The maximum atomic E-state index is 12.1. The Bertz CT molecular complexity index is 1160. The number of aliphatic hydroxyl groups excluding tert-OH is 1. The standard InChI is InChI=1S/C23H24N4O3/c1-14(2)13-30-23(29)15-8-10-16(11-9-15)27-12-19(28)20(21(27)24)22-25-17-6-4-5-7-18(17)26(22)3/h4-11,14,24,28H,12-13H2,1-3H3. The summed E-state index contributed by atoms with van der Waals surface area (Å²) in [7, 11) is 1.87. The molecule has 1 aromatic heterocycles. The van der Waals surface area contributed by atoms with Gasteiger partial charge in [0.15, 0.2) is 0 Å². The molecule has 0 amide bonds. The van der Waals surface area contributed by atoms with E-state index in [1.54, 1.807) is 29.2 Å². The number of para-hydroxylation sites is 2. The lowest BCUT2D eigenvalue weighted by Crippen LogP contribution is -2.26. The number of carbonyl (C=O) groups excluding carboxylic acids is 1. The molecule has 0 spiro atoms. The Morgan fingerprint density at radius 2 is 1.90 bits per heavy atom. The lowest BCUT2D eigenvalue weighted by molar-refractivity contribution is 0.0459. The van der Waals surface area contributed by atoms with Crippen LogP contribution in [0.3, 0.4) is 0 Å². The van der Waals surface area contributed by atoms with Gasteiger partial charge in [0.2, 0.25) is 0 Å². The minimum absolute atomic E-state index is 0.0961. The van der Waals surface area contributed by atoms with E-state index >= 15 is 0 Å². The van der Waals surface area contributed by atoms with E-state index in [9.17, 15) is 9.90 Å². The number of hydrogen-bond acceptors (Lipinski definition) is 5. The van der Waals surface area contributed by atoms with Gasteiger partial charge in [0.1, 0.15) is 17.4 Å². The van der Waals surface area contributed by atoms with Gasteiger partial charge >= 0.3 is 5.97 Å². The summed E-state index contributed by atoms with van der Waals surface area (Å²) in [5, 5.41) is 19.3.